The van der Waals surface area contributed by atoms with Crippen molar-refractivity contribution in [2.24, 2.45) is 15.5 Å². The molecular weight excluding hydrogens is 486 g/mol. The number of hydrogen-bond donors (Lipinski definition) is 1. The van der Waals surface area contributed by atoms with Gasteiger partial charge >= 0.3 is 0 Å². The summed E-state index contributed by atoms with van der Waals surface area (Å²) >= 11 is 0. The van der Waals surface area contributed by atoms with Crippen molar-refractivity contribution >= 4 is 22.8 Å². The van der Waals surface area contributed by atoms with Crippen molar-refractivity contribution < 1.29 is 0 Å². The maximum absolute atomic E-state index is 5.33. The van der Waals surface area contributed by atoms with Crippen LogP contribution in [-0.4, -0.2) is 46.1 Å². The fraction of sp³-hybridized carbons (Fsp3) is 0.733. The van der Waals surface area contributed by atoms with Crippen LogP contribution in [-0.2, 0) is 5.41 Å². The van der Waals surface area contributed by atoms with E-state index in [0.29, 0.717) is 11.8 Å². The molecule has 0 fully saturated rings. The molecule has 3 aromatic rings. The highest BCUT2D eigenvalue weighted by Gasteiger charge is 2.38. The number of aromatic amines is 1. The number of nitrogens with zero attached hydrogens (tertiary/aromatic N) is 8. The molecule has 0 amide bonds. The molecule has 214 valence electrons. The molecule has 0 radical (unpaired) electrons. The maximum Gasteiger partial charge on any atom is 0.205 e. The summed E-state index contributed by atoms with van der Waals surface area (Å²) in [6.45, 7) is 22.0. The molecule has 9 heteroatoms. The van der Waals surface area contributed by atoms with Crippen LogP contribution < -0.4 is 0 Å². The van der Waals surface area contributed by atoms with Gasteiger partial charge in [0.2, 0.25) is 5.82 Å². The van der Waals surface area contributed by atoms with Crippen LogP contribution in [0.3, 0.4) is 0 Å². The van der Waals surface area contributed by atoms with Crippen molar-refractivity contribution in [1.29, 1.82) is 0 Å². The van der Waals surface area contributed by atoms with Gasteiger partial charge in [-0.05, 0) is 25.7 Å². The van der Waals surface area contributed by atoms with Crippen LogP contribution in [0.5, 0.6) is 0 Å². The van der Waals surface area contributed by atoms with E-state index in [1.165, 1.54) is 19.3 Å². The average Bonchev–Trinajstić information content (AvgIpc) is 3.62. The van der Waals surface area contributed by atoms with Gasteiger partial charge in [0.05, 0.1) is 11.4 Å². The molecule has 0 saturated heterocycles. The van der Waals surface area contributed by atoms with Crippen molar-refractivity contribution in [2.75, 3.05) is 0 Å². The van der Waals surface area contributed by atoms with Crippen molar-refractivity contribution in [3.63, 3.8) is 0 Å². The lowest BCUT2D eigenvalue weighted by Gasteiger charge is -2.19. The van der Waals surface area contributed by atoms with E-state index in [2.05, 4.69) is 84.5 Å². The van der Waals surface area contributed by atoms with Gasteiger partial charge in [-0.3, -0.25) is 5.10 Å². The lowest BCUT2D eigenvalue weighted by Crippen LogP contribution is -2.27. The largest absolute Gasteiger partial charge is 0.258 e. The smallest absolute Gasteiger partial charge is 0.205 e. The standard InChI is InChI=1S/C30H49N9/c1-11-15-17-19(13-3)25-32-34-27-21(23(29(5,6)7)36-38(25)27)31-22-24(30(8,9)10)37-39-26(33-35-28(22)39)20(14-4)18-16-12-2/h19-20,34H,11-18H2,1-10H3/b31-22-. The van der Waals surface area contributed by atoms with Gasteiger partial charge in [-0.2, -0.15) is 24.5 Å². The highest BCUT2D eigenvalue weighted by atomic mass is 15.5. The first kappa shape index (κ1) is 29.2. The molecule has 3 aromatic heterocycles. The molecule has 0 bridgehead atoms. The summed E-state index contributed by atoms with van der Waals surface area (Å²) in [6.07, 6.45) is 8.90. The Balaban J connectivity index is 1.90. The molecule has 1 aliphatic rings. The SMILES string of the molecule is CCCCC(CC)c1nnc2n1N=C(C(C)(C)C)/C2=N/c1c(C(C)(C)C)nn2c(C(CC)CCCC)n[nH]c12. The van der Waals surface area contributed by atoms with E-state index in [0.717, 1.165) is 78.0 Å². The minimum absolute atomic E-state index is 0.210. The summed E-state index contributed by atoms with van der Waals surface area (Å²) in [5.74, 6) is 3.33. The molecule has 0 spiro atoms. The zero-order valence-corrected chi connectivity index (χ0v) is 25.9. The average molecular weight is 536 g/mol. The molecule has 2 atom stereocenters. The summed E-state index contributed by atoms with van der Waals surface area (Å²) in [6, 6.07) is 0. The van der Waals surface area contributed by atoms with E-state index in [1.54, 1.807) is 0 Å². The predicted octanol–water partition coefficient (Wildman–Crippen LogP) is 7.70. The van der Waals surface area contributed by atoms with Gasteiger partial charge in [0.25, 0.3) is 0 Å². The third kappa shape index (κ3) is 5.59. The Morgan fingerprint density at radius 1 is 0.821 bits per heavy atom. The van der Waals surface area contributed by atoms with Crippen LogP contribution in [0.4, 0.5) is 5.69 Å². The Morgan fingerprint density at radius 3 is 1.97 bits per heavy atom. The third-order valence-electron chi connectivity index (χ3n) is 7.83. The van der Waals surface area contributed by atoms with E-state index < -0.39 is 0 Å². The second kappa shape index (κ2) is 11.3. The maximum atomic E-state index is 5.33. The molecule has 0 aromatic carbocycles. The first-order valence-electron chi connectivity index (χ1n) is 15.1. The second-order valence-corrected chi connectivity index (χ2v) is 13.1. The second-order valence-electron chi connectivity index (χ2n) is 13.1. The lowest BCUT2D eigenvalue weighted by molar-refractivity contribution is 0.521. The Labute approximate surface area is 234 Å². The van der Waals surface area contributed by atoms with Gasteiger partial charge in [-0.25, -0.2) is 4.99 Å². The number of H-pyrrole nitrogens is 1. The molecule has 4 rings (SSSR count). The van der Waals surface area contributed by atoms with E-state index in [4.69, 9.17) is 20.3 Å². The summed E-state index contributed by atoms with van der Waals surface area (Å²) in [4.78, 5) is 5.33. The van der Waals surface area contributed by atoms with Crippen molar-refractivity contribution in [3.8, 4) is 0 Å². The summed E-state index contributed by atoms with van der Waals surface area (Å²) < 4.78 is 3.96. The first-order chi connectivity index (χ1) is 18.5. The van der Waals surface area contributed by atoms with E-state index in [9.17, 15) is 0 Å². The third-order valence-corrected chi connectivity index (χ3v) is 7.83. The minimum atomic E-state index is -0.220. The lowest BCUT2D eigenvalue weighted by atomic mass is 9.87. The molecule has 39 heavy (non-hydrogen) atoms. The Hall–Kier alpha value is -2.84. The fourth-order valence-electron chi connectivity index (χ4n) is 5.41. The van der Waals surface area contributed by atoms with Crippen LogP contribution in [0.25, 0.3) is 5.65 Å². The van der Waals surface area contributed by atoms with Gasteiger partial charge < -0.3 is 0 Å². The molecule has 9 nitrogen and oxygen atoms in total. The van der Waals surface area contributed by atoms with E-state index in [-0.39, 0.29) is 10.8 Å². The van der Waals surface area contributed by atoms with E-state index in [1.807, 2.05) is 9.19 Å². The highest BCUT2D eigenvalue weighted by Crippen LogP contribution is 2.38. The number of hydrogen-bond acceptors (Lipinski definition) is 6. The Kier molecular flexibility index (Phi) is 8.47. The number of rotatable bonds is 11. The first-order valence-corrected chi connectivity index (χ1v) is 15.1. The van der Waals surface area contributed by atoms with Crippen LogP contribution in [0, 0.1) is 5.41 Å². The van der Waals surface area contributed by atoms with Crippen molar-refractivity contribution in [3.05, 3.63) is 23.2 Å². The normalized spacial score (nSPS) is 16.8. The molecule has 2 unspecified atom stereocenters. The number of nitrogens with one attached hydrogen (secondary N) is 1. The van der Waals surface area contributed by atoms with Crippen LogP contribution in [0.1, 0.15) is 156 Å². The zero-order valence-electron chi connectivity index (χ0n) is 25.9. The van der Waals surface area contributed by atoms with Gasteiger partial charge in [0, 0.05) is 22.7 Å². The molecule has 1 aliphatic heterocycles. The molecule has 1 N–H and O–H groups in total. The topological polar surface area (TPSA) is 101 Å². The van der Waals surface area contributed by atoms with Crippen molar-refractivity contribution in [1.82, 2.24) is 34.7 Å². The number of aromatic nitrogens is 7. The van der Waals surface area contributed by atoms with Gasteiger partial charge in [-0.15, -0.1) is 10.2 Å². The summed E-state index contributed by atoms with van der Waals surface area (Å²) in [5, 5.41) is 27.6. The molecule has 0 saturated carbocycles. The number of fused-ring (bicyclic) bond motifs is 2. The molecule has 4 heterocycles. The van der Waals surface area contributed by atoms with Gasteiger partial charge in [-0.1, -0.05) is 94.9 Å². The van der Waals surface area contributed by atoms with Crippen LogP contribution in [0.15, 0.2) is 10.1 Å². The highest BCUT2D eigenvalue weighted by molar-refractivity contribution is 6.50. The monoisotopic (exact) mass is 535 g/mol. The van der Waals surface area contributed by atoms with Gasteiger partial charge in [0.1, 0.15) is 11.4 Å². The number of aliphatic imine (C=N–C) groups is 1. The Bertz CT molecular complexity index is 1340. The van der Waals surface area contributed by atoms with Crippen molar-refractivity contribution in [2.45, 2.75) is 138 Å². The quantitative estimate of drug-likeness (QED) is 0.272. The fourth-order valence-corrected chi connectivity index (χ4v) is 5.41. The Morgan fingerprint density at radius 2 is 1.44 bits per heavy atom. The predicted molar refractivity (Wildman–Crippen MR) is 160 cm³/mol. The van der Waals surface area contributed by atoms with E-state index >= 15 is 0 Å². The zero-order chi connectivity index (χ0) is 28.5. The minimum Gasteiger partial charge on any atom is -0.258 e. The van der Waals surface area contributed by atoms with Crippen LogP contribution >= 0.6 is 0 Å². The van der Waals surface area contributed by atoms with Gasteiger partial charge in [0.15, 0.2) is 17.3 Å². The summed E-state index contributed by atoms with van der Waals surface area (Å²) in [5.41, 5.74) is 3.86. The number of unbranched alkanes of at least 4 members (excludes halogenated alkanes) is 2. The molecular formula is C30H49N9. The summed E-state index contributed by atoms with van der Waals surface area (Å²) in [7, 11) is 0. The van der Waals surface area contributed by atoms with Crippen LogP contribution in [0.2, 0.25) is 0 Å². The molecule has 0 aliphatic carbocycles.